The van der Waals surface area contributed by atoms with Crippen LogP contribution in [0.2, 0.25) is 0 Å². The van der Waals surface area contributed by atoms with E-state index in [0.29, 0.717) is 26.1 Å². The fraction of sp³-hybridized carbons (Fsp3) is 0.381. The van der Waals surface area contributed by atoms with Gasteiger partial charge in [-0.15, -0.1) is 12.4 Å². The van der Waals surface area contributed by atoms with Gasteiger partial charge in [0.15, 0.2) is 0 Å². The molecule has 0 spiro atoms. The van der Waals surface area contributed by atoms with Crippen molar-refractivity contribution in [3.05, 3.63) is 66.0 Å². The molecule has 1 saturated heterocycles. The average molecular weight is 393 g/mol. The fourth-order valence-corrected chi connectivity index (χ4v) is 3.26. The minimum absolute atomic E-state index is 0. The molecule has 2 aromatic rings. The van der Waals surface area contributed by atoms with Crippen molar-refractivity contribution in [1.82, 2.24) is 10.2 Å². The maximum absolute atomic E-state index is 13.6. The summed E-state index contributed by atoms with van der Waals surface area (Å²) in [7, 11) is 0. The molecule has 0 aromatic heterocycles. The van der Waals surface area contributed by atoms with Gasteiger partial charge in [0.05, 0.1) is 12.6 Å². The number of ether oxygens (including phenoxy) is 1. The second kappa shape index (κ2) is 10.3. The molecule has 1 aliphatic rings. The van der Waals surface area contributed by atoms with Crippen molar-refractivity contribution in [2.24, 2.45) is 5.92 Å². The largest absolute Gasteiger partial charge is 0.494 e. The summed E-state index contributed by atoms with van der Waals surface area (Å²) in [5.74, 6) is 0.488. The van der Waals surface area contributed by atoms with Crippen LogP contribution >= 0.6 is 12.4 Å². The third kappa shape index (κ3) is 5.68. The van der Waals surface area contributed by atoms with E-state index in [1.807, 2.05) is 48.2 Å². The summed E-state index contributed by atoms with van der Waals surface area (Å²) < 4.78 is 19.3. The Morgan fingerprint density at radius 2 is 2.04 bits per heavy atom. The topological polar surface area (TPSA) is 41.6 Å². The Hall–Kier alpha value is -2.11. The van der Waals surface area contributed by atoms with Gasteiger partial charge in [-0.05, 0) is 36.2 Å². The zero-order valence-corrected chi connectivity index (χ0v) is 16.3. The number of nitrogens with one attached hydrogen (secondary N) is 1. The van der Waals surface area contributed by atoms with Gasteiger partial charge in [0.1, 0.15) is 11.6 Å². The zero-order chi connectivity index (χ0) is 18.4. The first-order valence-electron chi connectivity index (χ1n) is 9.09. The van der Waals surface area contributed by atoms with Crippen LogP contribution in [-0.4, -0.2) is 37.0 Å². The van der Waals surface area contributed by atoms with E-state index >= 15 is 0 Å². The molecule has 27 heavy (non-hydrogen) atoms. The quantitative estimate of drug-likeness (QED) is 0.812. The van der Waals surface area contributed by atoms with Gasteiger partial charge in [0.25, 0.3) is 0 Å². The first-order chi connectivity index (χ1) is 12.6. The Morgan fingerprint density at radius 3 is 2.78 bits per heavy atom. The molecule has 1 fully saturated rings. The molecule has 2 atom stereocenters. The molecule has 146 valence electrons. The highest BCUT2D eigenvalue weighted by Gasteiger charge is 2.30. The second-order valence-corrected chi connectivity index (χ2v) is 6.66. The first-order valence-corrected chi connectivity index (χ1v) is 9.09. The number of nitrogens with zero attached hydrogens (tertiary/aromatic N) is 1. The Bertz CT molecular complexity index is 729. The third-order valence-corrected chi connectivity index (χ3v) is 4.74. The third-order valence-electron chi connectivity index (χ3n) is 4.74. The van der Waals surface area contributed by atoms with Gasteiger partial charge in [-0.25, -0.2) is 4.39 Å². The van der Waals surface area contributed by atoms with E-state index in [9.17, 15) is 9.18 Å². The molecular weight excluding hydrogens is 367 g/mol. The van der Waals surface area contributed by atoms with Crippen molar-refractivity contribution in [3.63, 3.8) is 0 Å². The van der Waals surface area contributed by atoms with Gasteiger partial charge < -0.3 is 15.0 Å². The molecule has 1 aliphatic heterocycles. The van der Waals surface area contributed by atoms with Gasteiger partial charge in [-0.3, -0.25) is 4.79 Å². The molecule has 2 aromatic carbocycles. The van der Waals surface area contributed by atoms with Crippen molar-refractivity contribution in [2.45, 2.75) is 19.4 Å². The average Bonchev–Trinajstić information content (AvgIpc) is 2.68. The van der Waals surface area contributed by atoms with E-state index in [0.717, 1.165) is 17.9 Å². The zero-order valence-electron chi connectivity index (χ0n) is 15.4. The summed E-state index contributed by atoms with van der Waals surface area (Å²) in [4.78, 5) is 14.8. The normalized spacial score (nSPS) is 17.7. The maximum Gasteiger partial charge on any atom is 0.226 e. The first kappa shape index (κ1) is 21.2. The van der Waals surface area contributed by atoms with Crippen molar-refractivity contribution < 1.29 is 13.9 Å². The summed E-state index contributed by atoms with van der Waals surface area (Å²) in [5, 5.41) is 3.30. The number of halogens is 2. The summed E-state index contributed by atoms with van der Waals surface area (Å²) in [6.45, 7) is 4.45. The predicted molar refractivity (Wildman–Crippen MR) is 107 cm³/mol. The lowest BCUT2D eigenvalue weighted by atomic mass is 9.99. The molecule has 6 heteroatoms. The van der Waals surface area contributed by atoms with E-state index < -0.39 is 0 Å². The Labute approximate surface area is 166 Å². The van der Waals surface area contributed by atoms with Gasteiger partial charge in [-0.1, -0.05) is 37.3 Å². The highest BCUT2D eigenvalue weighted by molar-refractivity contribution is 5.85. The molecule has 2 unspecified atom stereocenters. The van der Waals surface area contributed by atoms with Crippen LogP contribution in [0.15, 0.2) is 54.6 Å². The molecule has 0 saturated carbocycles. The van der Waals surface area contributed by atoms with E-state index in [4.69, 9.17) is 4.74 Å². The highest BCUT2D eigenvalue weighted by Crippen LogP contribution is 2.25. The van der Waals surface area contributed by atoms with Crippen molar-refractivity contribution in [2.75, 3.05) is 26.2 Å². The summed E-state index contributed by atoms with van der Waals surface area (Å²) in [6, 6.07) is 16.0. The summed E-state index contributed by atoms with van der Waals surface area (Å²) in [6.07, 6.45) is 0.646. The van der Waals surface area contributed by atoms with Crippen molar-refractivity contribution >= 4 is 18.3 Å². The van der Waals surface area contributed by atoms with Crippen LogP contribution in [0.4, 0.5) is 4.39 Å². The van der Waals surface area contributed by atoms with Crippen LogP contribution < -0.4 is 10.1 Å². The Balaban J connectivity index is 0.00000261. The Kier molecular flexibility index (Phi) is 8.07. The van der Waals surface area contributed by atoms with Crippen LogP contribution in [0.5, 0.6) is 5.75 Å². The molecule has 0 bridgehead atoms. The molecule has 0 radical (unpaired) electrons. The number of hydrogen-bond donors (Lipinski definition) is 1. The number of amides is 1. The number of benzene rings is 2. The number of piperazine rings is 1. The molecule has 1 amide bonds. The smallest absolute Gasteiger partial charge is 0.226 e. The Morgan fingerprint density at radius 1 is 1.26 bits per heavy atom. The lowest BCUT2D eigenvalue weighted by molar-refractivity contribution is -0.138. The summed E-state index contributed by atoms with van der Waals surface area (Å²) >= 11 is 0. The molecular formula is C21H26ClFN2O2. The van der Waals surface area contributed by atoms with Gasteiger partial charge in [0.2, 0.25) is 5.91 Å². The van der Waals surface area contributed by atoms with Crippen LogP contribution in [0.25, 0.3) is 0 Å². The second-order valence-electron chi connectivity index (χ2n) is 6.66. The van der Waals surface area contributed by atoms with E-state index in [2.05, 4.69) is 5.32 Å². The van der Waals surface area contributed by atoms with Crippen molar-refractivity contribution in [1.29, 1.82) is 0 Å². The monoisotopic (exact) mass is 392 g/mol. The number of para-hydroxylation sites is 1. The molecule has 1 heterocycles. The van der Waals surface area contributed by atoms with E-state index in [1.54, 1.807) is 6.07 Å². The summed E-state index contributed by atoms with van der Waals surface area (Å²) in [5.41, 5.74) is 0.832. The van der Waals surface area contributed by atoms with Crippen LogP contribution in [0.3, 0.4) is 0 Å². The molecule has 4 nitrogen and oxygen atoms in total. The van der Waals surface area contributed by atoms with Gasteiger partial charge in [0, 0.05) is 25.6 Å². The van der Waals surface area contributed by atoms with Gasteiger partial charge in [-0.2, -0.15) is 0 Å². The van der Waals surface area contributed by atoms with Crippen LogP contribution in [0, 0.1) is 11.7 Å². The number of hydrogen-bond acceptors (Lipinski definition) is 3. The molecule has 1 N–H and O–H groups in total. The van der Waals surface area contributed by atoms with Crippen LogP contribution in [-0.2, 0) is 4.79 Å². The molecule has 3 rings (SSSR count). The standard InChI is InChI=1S/C21H25FN2O2.ClH/c1-16(10-13-26-19-8-3-2-4-9-19)21(25)24-12-11-23-15-20(24)17-6-5-7-18(22)14-17;/h2-9,14,16,20,23H,10-13,15H2,1H3;1H. The maximum atomic E-state index is 13.6. The predicted octanol–water partition coefficient (Wildman–Crippen LogP) is 3.83. The SMILES string of the molecule is CC(CCOc1ccccc1)C(=O)N1CCNCC1c1cccc(F)c1.Cl. The molecule has 0 aliphatic carbocycles. The fourth-order valence-electron chi connectivity index (χ4n) is 3.26. The minimum atomic E-state index is -0.273. The lowest BCUT2D eigenvalue weighted by Crippen LogP contribution is -2.50. The van der Waals surface area contributed by atoms with Crippen molar-refractivity contribution in [3.8, 4) is 5.75 Å². The minimum Gasteiger partial charge on any atom is -0.494 e. The van der Waals surface area contributed by atoms with Gasteiger partial charge >= 0.3 is 0 Å². The number of carbonyl (C=O) groups excluding carboxylic acids is 1. The van der Waals surface area contributed by atoms with E-state index in [1.165, 1.54) is 12.1 Å². The number of carbonyl (C=O) groups is 1. The lowest BCUT2D eigenvalue weighted by Gasteiger charge is -2.38. The van der Waals surface area contributed by atoms with Crippen LogP contribution in [0.1, 0.15) is 24.9 Å². The number of rotatable bonds is 6. The van der Waals surface area contributed by atoms with E-state index in [-0.39, 0.29) is 36.1 Å². The highest BCUT2D eigenvalue weighted by atomic mass is 35.5.